The molecule has 8 heteroatoms. The summed E-state index contributed by atoms with van der Waals surface area (Å²) in [6, 6.07) is 10.3. The van der Waals surface area contributed by atoms with Gasteiger partial charge in [0.15, 0.2) is 0 Å². The average molecular weight is 439 g/mol. The van der Waals surface area contributed by atoms with Gasteiger partial charge in [-0.05, 0) is 49.2 Å². The van der Waals surface area contributed by atoms with Crippen molar-refractivity contribution in [3.05, 3.63) is 71.4 Å². The topological polar surface area (TPSA) is 67.2 Å². The van der Waals surface area contributed by atoms with E-state index >= 15 is 0 Å². The highest BCUT2D eigenvalue weighted by atomic mass is 19.1. The Morgan fingerprint density at radius 1 is 1.12 bits per heavy atom. The zero-order valence-corrected chi connectivity index (χ0v) is 18.3. The summed E-state index contributed by atoms with van der Waals surface area (Å²) >= 11 is 0. The number of halogens is 1. The quantitative estimate of drug-likeness (QED) is 0.611. The van der Waals surface area contributed by atoms with Crippen molar-refractivity contribution in [2.45, 2.75) is 26.2 Å². The molecule has 7 nitrogen and oxygen atoms in total. The van der Waals surface area contributed by atoms with Crippen LogP contribution in [0.25, 0.3) is 5.65 Å². The number of piperazine rings is 1. The molecule has 1 fully saturated rings. The summed E-state index contributed by atoms with van der Waals surface area (Å²) in [6.45, 7) is 5.85. The van der Waals surface area contributed by atoms with Crippen molar-refractivity contribution in [3.8, 4) is 0 Å². The molecule has 1 aliphatic rings. The van der Waals surface area contributed by atoms with Gasteiger partial charge in [-0.25, -0.2) is 14.2 Å². The highest BCUT2D eigenvalue weighted by Gasteiger charge is 2.28. The standard InChI is InChI=1S/C24H27FN4O3/c1-3-32-24(31)28-11-9-27(10-12-28)23(30)15-20(18-5-4-6-19(25)14-18)21-16-26-22-13-17(2)7-8-29(21)22/h4-8,13-14,16,20H,3,9-12,15H2,1-2H3. The number of fused-ring (bicyclic) bond motifs is 1. The van der Waals surface area contributed by atoms with E-state index in [1.54, 1.807) is 29.0 Å². The average Bonchev–Trinajstić information content (AvgIpc) is 3.20. The van der Waals surface area contributed by atoms with Crippen molar-refractivity contribution < 1.29 is 18.7 Å². The normalized spacial score (nSPS) is 15.1. The number of amides is 2. The number of rotatable bonds is 5. The predicted molar refractivity (Wildman–Crippen MR) is 118 cm³/mol. The molecule has 0 aliphatic carbocycles. The maximum Gasteiger partial charge on any atom is 0.409 e. The van der Waals surface area contributed by atoms with E-state index in [0.29, 0.717) is 32.8 Å². The molecule has 2 aromatic heterocycles. The van der Waals surface area contributed by atoms with Crippen LogP contribution >= 0.6 is 0 Å². The van der Waals surface area contributed by atoms with Crippen molar-refractivity contribution in [2.75, 3.05) is 32.8 Å². The number of aromatic nitrogens is 2. The van der Waals surface area contributed by atoms with E-state index < -0.39 is 0 Å². The summed E-state index contributed by atoms with van der Waals surface area (Å²) in [4.78, 5) is 33.0. The zero-order chi connectivity index (χ0) is 22.7. The molecule has 3 aromatic rings. The van der Waals surface area contributed by atoms with Crippen LogP contribution in [0.3, 0.4) is 0 Å². The first kappa shape index (κ1) is 21.8. The maximum absolute atomic E-state index is 14.0. The lowest BCUT2D eigenvalue weighted by Crippen LogP contribution is -2.51. The fourth-order valence-corrected chi connectivity index (χ4v) is 4.13. The van der Waals surface area contributed by atoms with E-state index in [9.17, 15) is 14.0 Å². The van der Waals surface area contributed by atoms with Gasteiger partial charge in [0.25, 0.3) is 0 Å². The number of hydrogen-bond donors (Lipinski definition) is 0. The number of carbonyl (C=O) groups is 2. The highest BCUT2D eigenvalue weighted by Crippen LogP contribution is 2.30. The number of aryl methyl sites for hydroxylation is 1. The lowest BCUT2D eigenvalue weighted by atomic mass is 9.92. The van der Waals surface area contributed by atoms with Crippen molar-refractivity contribution >= 4 is 17.6 Å². The van der Waals surface area contributed by atoms with E-state index in [-0.39, 0.29) is 30.2 Å². The predicted octanol–water partition coefficient (Wildman–Crippen LogP) is 3.60. The van der Waals surface area contributed by atoms with Crippen LogP contribution in [0.5, 0.6) is 0 Å². The van der Waals surface area contributed by atoms with Gasteiger partial charge in [-0.3, -0.25) is 4.79 Å². The monoisotopic (exact) mass is 438 g/mol. The Morgan fingerprint density at radius 3 is 2.59 bits per heavy atom. The van der Waals surface area contributed by atoms with Crippen LogP contribution in [-0.2, 0) is 9.53 Å². The second kappa shape index (κ2) is 9.38. The number of pyridine rings is 1. The van der Waals surface area contributed by atoms with Crippen molar-refractivity contribution in [1.29, 1.82) is 0 Å². The fraction of sp³-hybridized carbons (Fsp3) is 0.375. The van der Waals surface area contributed by atoms with Crippen LogP contribution in [-0.4, -0.2) is 64.0 Å². The minimum atomic E-state index is -0.349. The second-order valence-electron chi connectivity index (χ2n) is 7.99. The number of benzene rings is 1. The Morgan fingerprint density at radius 2 is 1.88 bits per heavy atom. The Labute approximate surface area is 186 Å². The van der Waals surface area contributed by atoms with Gasteiger partial charge in [-0.1, -0.05) is 12.1 Å². The van der Waals surface area contributed by atoms with Crippen LogP contribution < -0.4 is 0 Å². The van der Waals surface area contributed by atoms with Gasteiger partial charge in [0, 0.05) is 50.9 Å². The lowest BCUT2D eigenvalue weighted by molar-refractivity contribution is -0.133. The first-order valence-electron chi connectivity index (χ1n) is 10.8. The van der Waals surface area contributed by atoms with E-state index in [4.69, 9.17) is 4.74 Å². The van der Waals surface area contributed by atoms with Crippen LogP contribution in [0, 0.1) is 12.7 Å². The van der Waals surface area contributed by atoms with Gasteiger partial charge in [0.1, 0.15) is 11.5 Å². The molecule has 3 heterocycles. The van der Waals surface area contributed by atoms with E-state index in [1.807, 2.05) is 35.7 Å². The lowest BCUT2D eigenvalue weighted by Gasteiger charge is -2.34. The molecule has 1 atom stereocenters. The van der Waals surface area contributed by atoms with E-state index in [0.717, 1.165) is 22.5 Å². The first-order valence-corrected chi connectivity index (χ1v) is 10.8. The van der Waals surface area contributed by atoms with E-state index in [1.165, 1.54) is 12.1 Å². The van der Waals surface area contributed by atoms with Crippen LogP contribution in [0.4, 0.5) is 9.18 Å². The molecule has 32 heavy (non-hydrogen) atoms. The Kier molecular flexibility index (Phi) is 6.39. The highest BCUT2D eigenvalue weighted by molar-refractivity contribution is 5.78. The number of carbonyl (C=O) groups excluding carboxylic acids is 2. The molecule has 1 saturated heterocycles. The van der Waals surface area contributed by atoms with Crippen LogP contribution in [0.1, 0.15) is 36.1 Å². The van der Waals surface area contributed by atoms with Crippen molar-refractivity contribution in [1.82, 2.24) is 19.2 Å². The Hall–Kier alpha value is -3.42. The van der Waals surface area contributed by atoms with Gasteiger partial charge >= 0.3 is 6.09 Å². The molecule has 0 spiro atoms. The number of ether oxygens (including phenoxy) is 1. The third kappa shape index (κ3) is 4.59. The van der Waals surface area contributed by atoms with Crippen molar-refractivity contribution in [3.63, 3.8) is 0 Å². The Balaban J connectivity index is 1.56. The zero-order valence-electron chi connectivity index (χ0n) is 18.3. The number of imidazole rings is 1. The third-order valence-corrected chi connectivity index (χ3v) is 5.84. The van der Waals surface area contributed by atoms with Gasteiger partial charge in [0.05, 0.1) is 12.3 Å². The van der Waals surface area contributed by atoms with Gasteiger partial charge < -0.3 is 18.9 Å². The molecule has 1 aliphatic heterocycles. The molecular formula is C24H27FN4O3. The summed E-state index contributed by atoms with van der Waals surface area (Å²) < 4.78 is 21.0. The van der Waals surface area contributed by atoms with Crippen LogP contribution in [0.15, 0.2) is 48.8 Å². The minimum Gasteiger partial charge on any atom is -0.450 e. The number of nitrogens with zero attached hydrogens (tertiary/aromatic N) is 4. The maximum atomic E-state index is 14.0. The molecule has 0 bridgehead atoms. The molecule has 4 rings (SSSR count). The minimum absolute atomic E-state index is 0.0372. The fourth-order valence-electron chi connectivity index (χ4n) is 4.13. The molecule has 2 amide bonds. The van der Waals surface area contributed by atoms with Gasteiger partial charge in [-0.15, -0.1) is 0 Å². The van der Waals surface area contributed by atoms with Crippen molar-refractivity contribution in [2.24, 2.45) is 0 Å². The van der Waals surface area contributed by atoms with Gasteiger partial charge in [0.2, 0.25) is 5.91 Å². The van der Waals surface area contributed by atoms with E-state index in [2.05, 4.69) is 4.98 Å². The molecule has 1 aromatic carbocycles. The molecule has 0 saturated carbocycles. The molecule has 1 unspecified atom stereocenters. The third-order valence-electron chi connectivity index (χ3n) is 5.84. The SMILES string of the molecule is CCOC(=O)N1CCN(C(=O)CC(c2cccc(F)c2)c2cnc3cc(C)ccn23)CC1. The molecule has 0 radical (unpaired) electrons. The number of hydrogen-bond acceptors (Lipinski definition) is 4. The van der Waals surface area contributed by atoms with Crippen LogP contribution in [0.2, 0.25) is 0 Å². The summed E-state index contributed by atoms with van der Waals surface area (Å²) in [5.74, 6) is -0.725. The summed E-state index contributed by atoms with van der Waals surface area (Å²) in [6.07, 6.45) is 3.53. The second-order valence-corrected chi connectivity index (χ2v) is 7.99. The smallest absolute Gasteiger partial charge is 0.409 e. The summed E-state index contributed by atoms with van der Waals surface area (Å²) in [7, 11) is 0. The molecule has 168 valence electrons. The summed E-state index contributed by atoms with van der Waals surface area (Å²) in [5, 5.41) is 0. The Bertz CT molecular complexity index is 1120. The molecular weight excluding hydrogens is 411 g/mol. The molecule has 0 N–H and O–H groups in total. The summed E-state index contributed by atoms with van der Waals surface area (Å²) in [5.41, 5.74) is 3.44. The van der Waals surface area contributed by atoms with Gasteiger partial charge in [-0.2, -0.15) is 0 Å². The largest absolute Gasteiger partial charge is 0.450 e. The first-order chi connectivity index (χ1) is 15.5.